The lowest BCUT2D eigenvalue weighted by molar-refractivity contribution is -0.138. The molecular weight excluding hydrogens is 218 g/mol. The summed E-state index contributed by atoms with van der Waals surface area (Å²) in [5.74, 6) is -0.534. The minimum absolute atomic E-state index is 0.0389. The van der Waals surface area contributed by atoms with Crippen molar-refractivity contribution >= 4 is 17.4 Å². The summed E-state index contributed by atoms with van der Waals surface area (Å²) < 4.78 is 4.76. The molecule has 1 rings (SSSR count). The highest BCUT2D eigenvalue weighted by Crippen LogP contribution is 2.08. The first-order valence-electron chi connectivity index (χ1n) is 5.23. The van der Waals surface area contributed by atoms with E-state index in [1.807, 2.05) is 6.07 Å². The standard InChI is InChI=1S/C12H15N3O2/c1-3-17-12(16)11(13)7-9(2)15-10-5-4-6-14-8-10/h4-8H,3,13H2,1-2H3. The Kier molecular flexibility index (Phi) is 4.87. The van der Waals surface area contributed by atoms with Gasteiger partial charge in [-0.05, 0) is 32.1 Å². The number of aliphatic imine (C=N–C) groups is 1. The summed E-state index contributed by atoms with van der Waals surface area (Å²) in [6.45, 7) is 3.77. The average molecular weight is 233 g/mol. The monoisotopic (exact) mass is 233 g/mol. The maximum Gasteiger partial charge on any atom is 0.354 e. The summed E-state index contributed by atoms with van der Waals surface area (Å²) in [5.41, 5.74) is 6.91. The molecule has 0 unspecified atom stereocenters. The van der Waals surface area contributed by atoms with Crippen LogP contribution < -0.4 is 5.73 Å². The molecule has 0 aromatic carbocycles. The van der Waals surface area contributed by atoms with E-state index in [0.29, 0.717) is 18.0 Å². The lowest BCUT2D eigenvalue weighted by Crippen LogP contribution is -2.15. The second kappa shape index (κ2) is 6.42. The van der Waals surface area contributed by atoms with E-state index in [1.54, 1.807) is 32.3 Å². The zero-order valence-electron chi connectivity index (χ0n) is 9.88. The summed E-state index contributed by atoms with van der Waals surface area (Å²) in [6.07, 6.45) is 4.76. The van der Waals surface area contributed by atoms with Crippen LogP contribution in [0.3, 0.4) is 0 Å². The van der Waals surface area contributed by atoms with Crippen LogP contribution in [0.4, 0.5) is 5.69 Å². The van der Waals surface area contributed by atoms with Crippen molar-refractivity contribution in [3.05, 3.63) is 36.3 Å². The Morgan fingerprint density at radius 2 is 2.41 bits per heavy atom. The number of hydrogen-bond acceptors (Lipinski definition) is 5. The van der Waals surface area contributed by atoms with Crippen molar-refractivity contribution in [1.29, 1.82) is 0 Å². The molecule has 0 aliphatic heterocycles. The van der Waals surface area contributed by atoms with Crippen LogP contribution in [0.1, 0.15) is 13.8 Å². The van der Waals surface area contributed by atoms with Crippen molar-refractivity contribution in [3.8, 4) is 0 Å². The van der Waals surface area contributed by atoms with Gasteiger partial charge in [-0.3, -0.25) is 9.98 Å². The number of aromatic nitrogens is 1. The van der Waals surface area contributed by atoms with Crippen LogP contribution in [0.5, 0.6) is 0 Å². The minimum Gasteiger partial charge on any atom is -0.461 e. The van der Waals surface area contributed by atoms with Crippen LogP contribution in [0.2, 0.25) is 0 Å². The molecule has 0 spiro atoms. The Bertz CT molecular complexity index is 438. The van der Waals surface area contributed by atoms with Crippen molar-refractivity contribution in [2.45, 2.75) is 13.8 Å². The summed E-state index contributed by atoms with van der Waals surface area (Å²) in [6, 6.07) is 3.59. The van der Waals surface area contributed by atoms with Gasteiger partial charge in [0.2, 0.25) is 0 Å². The van der Waals surface area contributed by atoms with Gasteiger partial charge in [0.25, 0.3) is 0 Å². The van der Waals surface area contributed by atoms with Crippen molar-refractivity contribution in [2.75, 3.05) is 6.61 Å². The lowest BCUT2D eigenvalue weighted by Gasteiger charge is -2.01. The maximum absolute atomic E-state index is 11.2. The van der Waals surface area contributed by atoms with Gasteiger partial charge in [0, 0.05) is 11.9 Å². The molecule has 0 bridgehead atoms. The van der Waals surface area contributed by atoms with Crippen molar-refractivity contribution < 1.29 is 9.53 Å². The fourth-order valence-electron chi connectivity index (χ4n) is 1.15. The molecule has 0 atom stereocenters. The minimum atomic E-state index is -0.534. The Morgan fingerprint density at radius 1 is 1.65 bits per heavy atom. The maximum atomic E-state index is 11.2. The van der Waals surface area contributed by atoms with Gasteiger partial charge in [0.15, 0.2) is 0 Å². The van der Waals surface area contributed by atoms with E-state index in [1.165, 1.54) is 6.08 Å². The highest BCUT2D eigenvalue weighted by Gasteiger charge is 2.05. The quantitative estimate of drug-likeness (QED) is 0.486. The molecule has 0 fully saturated rings. The second-order valence-electron chi connectivity index (χ2n) is 3.28. The number of hydrogen-bond donors (Lipinski definition) is 1. The molecule has 1 aromatic rings. The number of nitrogens with two attached hydrogens (primary N) is 1. The topological polar surface area (TPSA) is 77.6 Å². The Morgan fingerprint density at radius 3 is 3.00 bits per heavy atom. The third kappa shape index (κ3) is 4.46. The Labute approximate surface area is 100 Å². The number of allylic oxidation sites excluding steroid dienone is 1. The molecule has 17 heavy (non-hydrogen) atoms. The van der Waals surface area contributed by atoms with Gasteiger partial charge in [0.05, 0.1) is 18.5 Å². The van der Waals surface area contributed by atoms with E-state index in [2.05, 4.69) is 9.98 Å². The van der Waals surface area contributed by atoms with Gasteiger partial charge >= 0.3 is 5.97 Å². The number of esters is 1. The Balaban J connectivity index is 2.77. The van der Waals surface area contributed by atoms with Gasteiger partial charge in [0.1, 0.15) is 5.70 Å². The first-order valence-corrected chi connectivity index (χ1v) is 5.23. The molecular formula is C12H15N3O2. The highest BCUT2D eigenvalue weighted by molar-refractivity contribution is 6.01. The zero-order valence-corrected chi connectivity index (χ0v) is 9.88. The average Bonchev–Trinajstić information content (AvgIpc) is 2.30. The van der Waals surface area contributed by atoms with Crippen LogP contribution in [0.15, 0.2) is 41.3 Å². The number of carbonyl (C=O) groups is 1. The smallest absolute Gasteiger partial charge is 0.354 e. The predicted molar refractivity (Wildman–Crippen MR) is 65.9 cm³/mol. The molecule has 1 aromatic heterocycles. The molecule has 5 nitrogen and oxygen atoms in total. The number of ether oxygens (including phenoxy) is 1. The molecule has 0 radical (unpaired) electrons. The summed E-state index contributed by atoms with van der Waals surface area (Å²) >= 11 is 0. The highest BCUT2D eigenvalue weighted by atomic mass is 16.5. The van der Waals surface area contributed by atoms with Crippen molar-refractivity contribution in [1.82, 2.24) is 4.98 Å². The number of carbonyl (C=O) groups excluding carboxylic acids is 1. The van der Waals surface area contributed by atoms with Crippen LogP contribution in [0, 0.1) is 0 Å². The molecule has 0 aliphatic rings. The predicted octanol–water partition coefficient (Wildman–Crippen LogP) is 1.58. The van der Waals surface area contributed by atoms with Crippen LogP contribution in [-0.4, -0.2) is 23.3 Å². The van der Waals surface area contributed by atoms with Gasteiger partial charge in [-0.25, -0.2) is 4.79 Å². The third-order valence-electron chi connectivity index (χ3n) is 1.83. The fourth-order valence-corrected chi connectivity index (χ4v) is 1.15. The number of nitrogens with zero attached hydrogens (tertiary/aromatic N) is 2. The molecule has 0 saturated heterocycles. The normalized spacial score (nSPS) is 12.4. The van der Waals surface area contributed by atoms with E-state index in [0.717, 1.165) is 0 Å². The van der Waals surface area contributed by atoms with Crippen LogP contribution in [0.25, 0.3) is 0 Å². The number of rotatable bonds is 4. The van der Waals surface area contributed by atoms with Gasteiger partial charge in [-0.15, -0.1) is 0 Å². The molecule has 1 heterocycles. The van der Waals surface area contributed by atoms with Crippen molar-refractivity contribution in [3.63, 3.8) is 0 Å². The molecule has 2 N–H and O–H groups in total. The first kappa shape index (κ1) is 12.9. The van der Waals surface area contributed by atoms with Crippen LogP contribution >= 0.6 is 0 Å². The van der Waals surface area contributed by atoms with E-state index >= 15 is 0 Å². The molecule has 0 saturated carbocycles. The van der Waals surface area contributed by atoms with Gasteiger partial charge in [-0.1, -0.05) is 0 Å². The summed E-state index contributed by atoms with van der Waals surface area (Å²) in [4.78, 5) is 19.4. The SMILES string of the molecule is CCOC(=O)C(N)=CC(C)=Nc1cccnc1. The van der Waals surface area contributed by atoms with Crippen LogP contribution in [-0.2, 0) is 9.53 Å². The molecule has 0 amide bonds. The lowest BCUT2D eigenvalue weighted by atomic mass is 10.3. The second-order valence-corrected chi connectivity index (χ2v) is 3.28. The molecule has 90 valence electrons. The molecule has 0 aliphatic carbocycles. The fraction of sp³-hybridized carbons (Fsp3) is 0.250. The van der Waals surface area contributed by atoms with E-state index < -0.39 is 5.97 Å². The third-order valence-corrected chi connectivity index (χ3v) is 1.83. The first-order chi connectivity index (χ1) is 8.13. The van der Waals surface area contributed by atoms with Gasteiger partial charge < -0.3 is 10.5 Å². The van der Waals surface area contributed by atoms with Crippen molar-refractivity contribution in [2.24, 2.45) is 10.7 Å². The van der Waals surface area contributed by atoms with E-state index in [9.17, 15) is 4.79 Å². The van der Waals surface area contributed by atoms with E-state index in [4.69, 9.17) is 10.5 Å². The largest absolute Gasteiger partial charge is 0.461 e. The Hall–Kier alpha value is -2.17. The molecule has 5 heteroatoms. The zero-order chi connectivity index (χ0) is 12.7. The summed E-state index contributed by atoms with van der Waals surface area (Å²) in [7, 11) is 0. The number of pyridine rings is 1. The van der Waals surface area contributed by atoms with Gasteiger partial charge in [-0.2, -0.15) is 0 Å². The van der Waals surface area contributed by atoms with E-state index in [-0.39, 0.29) is 5.70 Å². The summed E-state index contributed by atoms with van der Waals surface area (Å²) in [5, 5.41) is 0.